The molecular weight excluding hydrogens is 709 g/mol. The minimum atomic E-state index is -1.37. The molecule has 1 saturated heterocycles. The van der Waals surface area contributed by atoms with E-state index in [1.807, 2.05) is 41.5 Å². The number of aliphatic carboxylic acids is 1. The third-order valence-electron chi connectivity index (χ3n) is 12.0. The summed E-state index contributed by atoms with van der Waals surface area (Å²) in [5.74, 6) is -4.28. The number of halogens is 1. The number of rotatable bonds is 21. The number of likely N-dealkylation sites (N-methyl/N-ethyl adjacent to an activating group) is 2. The van der Waals surface area contributed by atoms with Crippen molar-refractivity contribution in [2.24, 2.45) is 29.1 Å². The zero-order chi connectivity index (χ0) is 41.4. The first-order valence-electron chi connectivity index (χ1n) is 19.7. The number of carboxylic acid groups (broad SMARTS) is 1. The van der Waals surface area contributed by atoms with Gasteiger partial charge in [-0.25, -0.2) is 9.18 Å². The van der Waals surface area contributed by atoms with Crippen LogP contribution in [-0.2, 0) is 39.9 Å². The number of carbonyl (C=O) groups is 5. The SMILES string of the molecule is CC[C@H](C)C(C(CC(=O)N1CC2(CC2)C[C@H]1C(OC)[C@@H](C)C(=O)N[C@@H](Cc1ccccc1F)C(=O)O)OC)N(C)C(=O)[C@@H](NC(=O)[C@@H](NC)C(C)C)C(C)C. The fourth-order valence-electron chi connectivity index (χ4n) is 8.20. The van der Waals surface area contributed by atoms with Gasteiger partial charge in [-0.1, -0.05) is 73.1 Å². The Morgan fingerprint density at radius 2 is 1.58 bits per heavy atom. The highest BCUT2D eigenvalue weighted by Gasteiger charge is 2.56. The summed E-state index contributed by atoms with van der Waals surface area (Å²) in [5.41, 5.74) is 0.0833. The Kier molecular flexibility index (Phi) is 16.6. The highest BCUT2D eigenvalue weighted by atomic mass is 19.1. The van der Waals surface area contributed by atoms with Gasteiger partial charge in [-0.05, 0) is 61.1 Å². The van der Waals surface area contributed by atoms with Crippen LogP contribution in [0.3, 0.4) is 0 Å². The van der Waals surface area contributed by atoms with Gasteiger partial charge in [-0.15, -0.1) is 0 Å². The minimum absolute atomic E-state index is 0.00824. The smallest absolute Gasteiger partial charge is 0.326 e. The maximum Gasteiger partial charge on any atom is 0.326 e. The molecule has 55 heavy (non-hydrogen) atoms. The molecule has 2 fully saturated rings. The minimum Gasteiger partial charge on any atom is -0.480 e. The Labute approximate surface area is 326 Å². The molecule has 4 N–H and O–H groups in total. The van der Waals surface area contributed by atoms with Crippen LogP contribution in [0.25, 0.3) is 0 Å². The number of nitrogens with zero attached hydrogens (tertiary/aromatic N) is 2. The van der Waals surface area contributed by atoms with Crippen molar-refractivity contribution in [2.75, 3.05) is 34.9 Å². The first-order valence-corrected chi connectivity index (χ1v) is 19.7. The molecule has 1 aromatic rings. The molecule has 3 unspecified atom stereocenters. The molecule has 14 heteroatoms. The van der Waals surface area contributed by atoms with Gasteiger partial charge in [0.2, 0.25) is 23.6 Å². The van der Waals surface area contributed by atoms with Gasteiger partial charge in [0.05, 0.1) is 42.7 Å². The Morgan fingerprint density at radius 3 is 2.07 bits per heavy atom. The van der Waals surface area contributed by atoms with E-state index < -0.39 is 66.0 Å². The molecule has 2 aliphatic rings. The zero-order valence-electron chi connectivity index (χ0n) is 34.7. The number of carboxylic acids is 1. The quantitative estimate of drug-likeness (QED) is 0.146. The Hall–Kier alpha value is -3.62. The van der Waals surface area contributed by atoms with E-state index in [2.05, 4.69) is 16.0 Å². The standard InChI is InChI=1S/C41H66FN5O8/c1-12-25(6)35(46(9)39(51)34(24(4)5)45-38(50)33(43-8)23(2)3)31(54-10)20-32(48)47-22-41(17-18-41)21-30(47)36(55-11)26(7)37(49)44-29(40(52)53)19-27-15-13-14-16-28(27)42/h13-16,23-26,29-31,33-36,43H,12,17-22H2,1-11H3,(H,44,49)(H,45,50)(H,52,53)/t25-,26+,29-,30-,31?,33-,34-,35?,36?/m0/s1. The maximum atomic E-state index is 14.4. The van der Waals surface area contributed by atoms with Crippen molar-refractivity contribution in [3.05, 3.63) is 35.6 Å². The van der Waals surface area contributed by atoms with E-state index in [0.29, 0.717) is 19.4 Å². The van der Waals surface area contributed by atoms with Gasteiger partial charge < -0.3 is 40.3 Å². The number of likely N-dealkylation sites (tertiary alicyclic amines) is 1. The van der Waals surface area contributed by atoms with E-state index in [9.17, 15) is 33.5 Å². The van der Waals surface area contributed by atoms with E-state index in [1.165, 1.54) is 32.4 Å². The summed E-state index contributed by atoms with van der Waals surface area (Å²) in [6, 6.07) is 2.21. The molecule has 13 nitrogen and oxygen atoms in total. The van der Waals surface area contributed by atoms with Crippen LogP contribution >= 0.6 is 0 Å². The summed E-state index contributed by atoms with van der Waals surface area (Å²) in [7, 11) is 6.42. The van der Waals surface area contributed by atoms with Gasteiger partial charge in [-0.2, -0.15) is 0 Å². The lowest BCUT2D eigenvalue weighted by atomic mass is 9.89. The Morgan fingerprint density at radius 1 is 0.964 bits per heavy atom. The second-order valence-corrected chi connectivity index (χ2v) is 16.5. The van der Waals surface area contributed by atoms with Crippen molar-refractivity contribution in [3.8, 4) is 0 Å². The molecule has 0 aromatic heterocycles. The van der Waals surface area contributed by atoms with Crippen LogP contribution < -0.4 is 16.0 Å². The molecule has 1 saturated carbocycles. The topological polar surface area (TPSA) is 167 Å². The van der Waals surface area contributed by atoms with Crippen LogP contribution in [0.15, 0.2) is 24.3 Å². The fourth-order valence-corrected chi connectivity index (χ4v) is 8.20. The summed E-state index contributed by atoms with van der Waals surface area (Å²) in [4.78, 5) is 71.0. The van der Waals surface area contributed by atoms with Crippen LogP contribution in [0.4, 0.5) is 4.39 Å². The van der Waals surface area contributed by atoms with Crippen molar-refractivity contribution in [2.45, 2.75) is 129 Å². The lowest BCUT2D eigenvalue weighted by molar-refractivity contribution is -0.148. The van der Waals surface area contributed by atoms with E-state index in [-0.39, 0.29) is 59.3 Å². The normalized spacial score (nSPS) is 20.6. The second-order valence-electron chi connectivity index (χ2n) is 16.5. The molecule has 310 valence electrons. The van der Waals surface area contributed by atoms with Crippen LogP contribution in [0.1, 0.15) is 86.1 Å². The van der Waals surface area contributed by atoms with Crippen LogP contribution in [0.2, 0.25) is 0 Å². The number of hydrogen-bond acceptors (Lipinski definition) is 8. The molecule has 4 amide bonds. The van der Waals surface area contributed by atoms with Crippen molar-refractivity contribution in [3.63, 3.8) is 0 Å². The second kappa shape index (κ2) is 20.0. The van der Waals surface area contributed by atoms with Crippen molar-refractivity contribution < 1.29 is 42.9 Å². The van der Waals surface area contributed by atoms with Gasteiger partial charge in [-0.3, -0.25) is 19.2 Å². The number of amides is 4. The summed E-state index contributed by atoms with van der Waals surface area (Å²) in [6.45, 7) is 13.8. The molecular formula is C41H66FN5O8. The number of methoxy groups -OCH3 is 2. The number of nitrogens with one attached hydrogen (secondary N) is 3. The van der Waals surface area contributed by atoms with E-state index in [0.717, 1.165) is 12.8 Å². The Balaban J connectivity index is 1.83. The predicted molar refractivity (Wildman–Crippen MR) is 207 cm³/mol. The Bertz CT molecular complexity index is 1490. The van der Waals surface area contributed by atoms with Crippen LogP contribution in [0.5, 0.6) is 0 Å². The summed E-state index contributed by atoms with van der Waals surface area (Å²) >= 11 is 0. The van der Waals surface area contributed by atoms with Gasteiger partial charge in [0.1, 0.15) is 17.9 Å². The monoisotopic (exact) mass is 775 g/mol. The number of hydrogen-bond donors (Lipinski definition) is 4. The molecule has 1 aliphatic carbocycles. The average Bonchev–Trinajstić information content (AvgIpc) is 3.79. The molecule has 1 aliphatic heterocycles. The maximum absolute atomic E-state index is 14.4. The van der Waals surface area contributed by atoms with Crippen LogP contribution in [-0.4, -0.2) is 122 Å². The first kappa shape index (κ1) is 45.8. The molecule has 0 bridgehead atoms. The summed E-state index contributed by atoms with van der Waals surface area (Å²) in [6.07, 6.45) is 1.47. The zero-order valence-corrected chi connectivity index (χ0v) is 34.7. The fraction of sp³-hybridized carbons (Fsp3) is 0.732. The molecule has 3 rings (SSSR count). The summed E-state index contributed by atoms with van der Waals surface area (Å²) in [5, 5.41) is 18.5. The lowest BCUT2D eigenvalue weighted by Crippen LogP contribution is -2.59. The van der Waals surface area contributed by atoms with E-state index >= 15 is 0 Å². The number of carbonyl (C=O) groups excluding carboxylic acids is 4. The largest absolute Gasteiger partial charge is 0.480 e. The third kappa shape index (κ3) is 11.3. The first-order chi connectivity index (χ1) is 25.9. The predicted octanol–water partition coefficient (Wildman–Crippen LogP) is 3.63. The molecule has 1 spiro atoms. The van der Waals surface area contributed by atoms with Gasteiger partial charge >= 0.3 is 5.97 Å². The van der Waals surface area contributed by atoms with Crippen molar-refractivity contribution in [1.29, 1.82) is 0 Å². The number of ether oxygens (including phenoxy) is 2. The van der Waals surface area contributed by atoms with Crippen molar-refractivity contribution >= 4 is 29.6 Å². The molecule has 9 atom stereocenters. The molecule has 1 heterocycles. The molecule has 0 radical (unpaired) electrons. The number of benzene rings is 1. The van der Waals surface area contributed by atoms with E-state index in [1.54, 1.807) is 36.9 Å². The van der Waals surface area contributed by atoms with Crippen molar-refractivity contribution in [1.82, 2.24) is 25.8 Å². The van der Waals surface area contributed by atoms with Crippen LogP contribution in [0, 0.1) is 34.9 Å². The third-order valence-corrected chi connectivity index (χ3v) is 12.0. The lowest BCUT2D eigenvalue weighted by Gasteiger charge is -2.41. The van der Waals surface area contributed by atoms with Gasteiger partial charge in [0.15, 0.2) is 0 Å². The van der Waals surface area contributed by atoms with Gasteiger partial charge in [0.25, 0.3) is 0 Å². The average molecular weight is 776 g/mol. The molecule has 1 aromatic carbocycles. The summed E-state index contributed by atoms with van der Waals surface area (Å²) < 4.78 is 26.3. The highest BCUT2D eigenvalue weighted by Crippen LogP contribution is 2.56. The van der Waals surface area contributed by atoms with E-state index in [4.69, 9.17) is 9.47 Å². The van der Waals surface area contributed by atoms with Gasteiger partial charge in [0, 0.05) is 34.2 Å². The highest BCUT2D eigenvalue weighted by molar-refractivity contribution is 5.90.